The van der Waals surface area contributed by atoms with E-state index in [4.69, 9.17) is 4.74 Å². The monoisotopic (exact) mass is 413 g/mol. The molecule has 154 valence electrons. The third kappa shape index (κ3) is 4.89. The lowest BCUT2D eigenvalue weighted by Gasteiger charge is -2.11. The van der Waals surface area contributed by atoms with Crippen molar-refractivity contribution in [2.45, 2.75) is 19.2 Å². The quantitative estimate of drug-likeness (QED) is 0.386. The first-order valence-electron chi connectivity index (χ1n) is 9.34. The van der Waals surface area contributed by atoms with Crippen LogP contribution in [0.3, 0.4) is 0 Å². The fourth-order valence-corrected chi connectivity index (χ4v) is 3.17. The first-order valence-corrected chi connectivity index (χ1v) is 9.34. The van der Waals surface area contributed by atoms with Crippen LogP contribution in [0.5, 0.6) is 11.5 Å². The molecule has 0 aliphatic carbocycles. The first-order chi connectivity index (χ1) is 14.5. The molecule has 4 rings (SSSR count). The predicted molar refractivity (Wildman–Crippen MR) is 105 cm³/mol. The lowest BCUT2D eigenvalue weighted by Crippen LogP contribution is -2.16. The van der Waals surface area contributed by atoms with Crippen molar-refractivity contribution in [1.82, 2.24) is 14.6 Å². The van der Waals surface area contributed by atoms with Crippen molar-refractivity contribution in [3.8, 4) is 22.6 Å². The van der Waals surface area contributed by atoms with Gasteiger partial charge in [-0.05, 0) is 59.9 Å². The summed E-state index contributed by atoms with van der Waals surface area (Å²) in [6.45, 7) is 0.554. The number of benzene rings is 2. The molecule has 0 spiro atoms. The molecular formula is C22H18F3N3O2. The molecule has 2 aromatic carbocycles. The van der Waals surface area contributed by atoms with Crippen molar-refractivity contribution in [2.24, 2.45) is 0 Å². The van der Waals surface area contributed by atoms with Crippen molar-refractivity contribution in [1.29, 1.82) is 0 Å². The van der Waals surface area contributed by atoms with E-state index in [1.807, 2.05) is 47.0 Å². The Morgan fingerprint density at radius 3 is 2.40 bits per heavy atom. The highest BCUT2D eigenvalue weighted by atomic mass is 19.4. The van der Waals surface area contributed by atoms with Crippen LogP contribution in [0.15, 0.2) is 73.2 Å². The standard InChI is InChI=1S/C22H18F3N3O2/c23-22(24,25)30-20-10-8-16(9-11-20)18-13-17(21-27-26-15-28(21)14-18)5-4-12-29-19-6-2-1-3-7-19/h1-3,6-11,13-15H,4-5,12H2. The summed E-state index contributed by atoms with van der Waals surface area (Å²) in [6.07, 6.45) is 0.234. The van der Waals surface area contributed by atoms with Crippen LogP contribution in [-0.2, 0) is 6.42 Å². The average molecular weight is 413 g/mol. The Balaban J connectivity index is 1.49. The van der Waals surface area contributed by atoms with Crippen LogP contribution in [0.1, 0.15) is 12.0 Å². The Labute approximate surface area is 170 Å². The van der Waals surface area contributed by atoms with Crippen molar-refractivity contribution < 1.29 is 22.6 Å². The van der Waals surface area contributed by atoms with Gasteiger partial charge in [0.05, 0.1) is 6.61 Å². The van der Waals surface area contributed by atoms with E-state index < -0.39 is 6.36 Å². The summed E-state index contributed by atoms with van der Waals surface area (Å²) in [5.41, 5.74) is 3.34. The Hall–Kier alpha value is -3.55. The van der Waals surface area contributed by atoms with Gasteiger partial charge in [-0.2, -0.15) is 0 Å². The zero-order valence-electron chi connectivity index (χ0n) is 15.8. The van der Waals surface area contributed by atoms with Gasteiger partial charge in [-0.25, -0.2) is 0 Å². The Morgan fingerprint density at radius 1 is 0.900 bits per heavy atom. The zero-order valence-corrected chi connectivity index (χ0v) is 15.8. The molecular weight excluding hydrogens is 395 g/mol. The molecule has 30 heavy (non-hydrogen) atoms. The van der Waals surface area contributed by atoms with Crippen molar-refractivity contribution in [3.05, 3.63) is 78.8 Å². The average Bonchev–Trinajstić information content (AvgIpc) is 3.20. The minimum atomic E-state index is -4.71. The van der Waals surface area contributed by atoms with Gasteiger partial charge in [-0.1, -0.05) is 30.3 Å². The highest BCUT2D eigenvalue weighted by Crippen LogP contribution is 2.28. The van der Waals surface area contributed by atoms with Crippen LogP contribution >= 0.6 is 0 Å². The van der Waals surface area contributed by atoms with Crippen molar-refractivity contribution in [3.63, 3.8) is 0 Å². The maximum absolute atomic E-state index is 12.4. The van der Waals surface area contributed by atoms with Gasteiger partial charge in [0.1, 0.15) is 17.8 Å². The summed E-state index contributed by atoms with van der Waals surface area (Å²) >= 11 is 0. The lowest BCUT2D eigenvalue weighted by molar-refractivity contribution is -0.274. The zero-order chi connectivity index (χ0) is 21.0. The number of fused-ring (bicyclic) bond motifs is 1. The van der Waals surface area contributed by atoms with E-state index in [0.717, 1.165) is 40.9 Å². The van der Waals surface area contributed by atoms with Gasteiger partial charge in [-0.3, -0.25) is 4.40 Å². The maximum Gasteiger partial charge on any atom is 0.573 e. The van der Waals surface area contributed by atoms with Crippen LogP contribution < -0.4 is 9.47 Å². The van der Waals surface area contributed by atoms with E-state index in [-0.39, 0.29) is 5.75 Å². The van der Waals surface area contributed by atoms with Crippen LogP contribution in [0.2, 0.25) is 0 Å². The normalized spacial score (nSPS) is 11.6. The van der Waals surface area contributed by atoms with Gasteiger partial charge in [0, 0.05) is 6.20 Å². The molecule has 0 amide bonds. The van der Waals surface area contributed by atoms with Crippen molar-refractivity contribution in [2.75, 3.05) is 6.61 Å². The van der Waals surface area contributed by atoms with Crippen LogP contribution in [0, 0.1) is 0 Å². The van der Waals surface area contributed by atoms with Crippen LogP contribution in [0.4, 0.5) is 13.2 Å². The molecule has 0 fully saturated rings. The van der Waals surface area contributed by atoms with Crippen LogP contribution in [-0.4, -0.2) is 27.6 Å². The Kier molecular flexibility index (Phi) is 5.56. The molecule has 0 unspecified atom stereocenters. The number of aromatic nitrogens is 3. The van der Waals surface area contributed by atoms with Gasteiger partial charge in [-0.15, -0.1) is 23.4 Å². The number of para-hydroxylation sites is 1. The minimum Gasteiger partial charge on any atom is -0.494 e. The highest BCUT2D eigenvalue weighted by molar-refractivity contribution is 5.67. The van der Waals surface area contributed by atoms with E-state index in [9.17, 15) is 13.2 Å². The summed E-state index contributed by atoms with van der Waals surface area (Å²) < 4.78 is 48.6. The molecule has 4 aromatic rings. The number of aryl methyl sites for hydroxylation is 1. The molecule has 0 saturated carbocycles. The highest BCUT2D eigenvalue weighted by Gasteiger charge is 2.30. The van der Waals surface area contributed by atoms with Gasteiger partial charge in [0.15, 0.2) is 5.65 Å². The molecule has 0 radical (unpaired) electrons. The second-order valence-corrected chi connectivity index (χ2v) is 6.65. The number of pyridine rings is 1. The van der Waals surface area contributed by atoms with Gasteiger partial charge < -0.3 is 9.47 Å². The summed E-state index contributed by atoms with van der Waals surface area (Å²) in [7, 11) is 0. The predicted octanol–water partition coefficient (Wildman–Crippen LogP) is 5.31. The fourth-order valence-electron chi connectivity index (χ4n) is 3.17. The van der Waals surface area contributed by atoms with E-state index in [0.29, 0.717) is 6.61 Å². The van der Waals surface area contributed by atoms with E-state index >= 15 is 0 Å². The first kappa shape index (κ1) is 19.8. The molecule has 5 nitrogen and oxygen atoms in total. The summed E-state index contributed by atoms with van der Waals surface area (Å²) in [5.74, 6) is 0.565. The van der Waals surface area contributed by atoms with Gasteiger partial charge in [0.25, 0.3) is 0 Å². The minimum absolute atomic E-state index is 0.255. The third-order valence-corrected chi connectivity index (χ3v) is 4.49. The molecule has 0 bridgehead atoms. The topological polar surface area (TPSA) is 48.7 Å². The van der Waals surface area contributed by atoms with E-state index in [1.165, 1.54) is 12.1 Å². The number of nitrogens with zero attached hydrogens (tertiary/aromatic N) is 3. The molecule has 2 aromatic heterocycles. The van der Waals surface area contributed by atoms with E-state index in [2.05, 4.69) is 14.9 Å². The van der Waals surface area contributed by atoms with E-state index in [1.54, 1.807) is 18.5 Å². The number of hydrogen-bond acceptors (Lipinski definition) is 4. The fraction of sp³-hybridized carbons (Fsp3) is 0.182. The largest absolute Gasteiger partial charge is 0.573 e. The SMILES string of the molecule is FC(F)(F)Oc1ccc(-c2cc(CCCOc3ccccc3)c3nncn3c2)cc1. The van der Waals surface area contributed by atoms with Crippen LogP contribution in [0.25, 0.3) is 16.8 Å². The lowest BCUT2D eigenvalue weighted by atomic mass is 10.0. The summed E-state index contributed by atoms with van der Waals surface area (Å²) in [4.78, 5) is 0. The molecule has 0 atom stereocenters. The number of hydrogen-bond donors (Lipinski definition) is 0. The molecule has 2 heterocycles. The second-order valence-electron chi connectivity index (χ2n) is 6.65. The Morgan fingerprint density at radius 2 is 1.67 bits per heavy atom. The molecule has 8 heteroatoms. The summed E-state index contributed by atoms with van der Waals surface area (Å²) in [5, 5.41) is 8.14. The van der Waals surface area contributed by atoms with Gasteiger partial charge in [0.2, 0.25) is 0 Å². The number of halogens is 3. The molecule has 0 saturated heterocycles. The number of rotatable bonds is 7. The smallest absolute Gasteiger partial charge is 0.494 e. The third-order valence-electron chi connectivity index (χ3n) is 4.49. The molecule has 0 aliphatic rings. The van der Waals surface area contributed by atoms with Gasteiger partial charge >= 0.3 is 6.36 Å². The maximum atomic E-state index is 12.4. The summed E-state index contributed by atoms with van der Waals surface area (Å²) in [6, 6.07) is 17.3. The second kappa shape index (κ2) is 8.44. The number of ether oxygens (including phenoxy) is 2. The number of alkyl halides is 3. The molecule has 0 aliphatic heterocycles. The Bertz CT molecular complexity index is 1110. The van der Waals surface area contributed by atoms with Crippen molar-refractivity contribution >= 4 is 5.65 Å². The molecule has 0 N–H and O–H groups in total.